The number of halogens is 1. The van der Waals surface area contributed by atoms with E-state index in [1.165, 1.54) is 48.5 Å². The number of nitriles is 1. The van der Waals surface area contributed by atoms with Crippen LogP contribution in [0.25, 0.3) is 0 Å². The van der Waals surface area contributed by atoms with Crippen molar-refractivity contribution in [2.45, 2.75) is 43.7 Å². The average Bonchev–Trinajstić information content (AvgIpc) is 2.94. The molecule has 1 aliphatic heterocycles. The number of sulfonamides is 1. The van der Waals surface area contributed by atoms with Crippen molar-refractivity contribution in [2.75, 3.05) is 4.90 Å². The van der Waals surface area contributed by atoms with Crippen LogP contribution in [0.3, 0.4) is 0 Å². The van der Waals surface area contributed by atoms with Gasteiger partial charge in [0.05, 0.1) is 28.6 Å². The Bertz CT molecular complexity index is 1130. The van der Waals surface area contributed by atoms with E-state index in [9.17, 15) is 18.0 Å². The SMILES string of the molecule is CC(C)(C)N(C1CC(=O)N(c2ccc(C#N)cc2)C1=O)S(=O)(=O)c1ccc(Cl)cc1. The van der Waals surface area contributed by atoms with Gasteiger partial charge in [-0.05, 0) is 69.3 Å². The van der Waals surface area contributed by atoms with Gasteiger partial charge >= 0.3 is 0 Å². The summed E-state index contributed by atoms with van der Waals surface area (Å²) in [5.41, 5.74) is -0.292. The highest BCUT2D eigenvalue weighted by atomic mass is 35.5. The van der Waals surface area contributed by atoms with Crippen LogP contribution in [-0.2, 0) is 19.6 Å². The molecule has 1 aliphatic rings. The fourth-order valence-corrected chi connectivity index (χ4v) is 5.53. The Morgan fingerprint density at radius 2 is 1.63 bits per heavy atom. The van der Waals surface area contributed by atoms with Gasteiger partial charge in [0.1, 0.15) is 6.04 Å². The van der Waals surface area contributed by atoms with E-state index in [0.717, 1.165) is 9.21 Å². The molecule has 1 heterocycles. The van der Waals surface area contributed by atoms with Crippen molar-refractivity contribution < 1.29 is 18.0 Å². The minimum Gasteiger partial charge on any atom is -0.274 e. The number of anilines is 1. The molecule has 0 spiro atoms. The van der Waals surface area contributed by atoms with Crippen molar-refractivity contribution in [3.63, 3.8) is 0 Å². The molecule has 30 heavy (non-hydrogen) atoms. The van der Waals surface area contributed by atoms with Gasteiger partial charge < -0.3 is 0 Å². The molecule has 2 aromatic rings. The number of imide groups is 1. The molecule has 9 heteroatoms. The molecular weight excluding hydrogens is 426 g/mol. The molecule has 156 valence electrons. The Morgan fingerprint density at radius 1 is 1.07 bits per heavy atom. The van der Waals surface area contributed by atoms with Gasteiger partial charge in [0.25, 0.3) is 5.91 Å². The monoisotopic (exact) mass is 445 g/mol. The van der Waals surface area contributed by atoms with Crippen molar-refractivity contribution in [1.29, 1.82) is 5.26 Å². The maximum atomic E-state index is 13.4. The lowest BCUT2D eigenvalue weighted by Gasteiger charge is -2.37. The van der Waals surface area contributed by atoms with Crippen LogP contribution in [0.5, 0.6) is 0 Å². The summed E-state index contributed by atoms with van der Waals surface area (Å²) in [6, 6.07) is 12.4. The first-order chi connectivity index (χ1) is 14.0. The lowest BCUT2D eigenvalue weighted by Crippen LogP contribution is -2.54. The number of benzene rings is 2. The van der Waals surface area contributed by atoms with Gasteiger partial charge in [-0.1, -0.05) is 11.6 Å². The highest BCUT2D eigenvalue weighted by Crippen LogP contribution is 2.34. The third-order valence-electron chi connectivity index (χ3n) is 4.69. The van der Waals surface area contributed by atoms with Crippen LogP contribution in [0.2, 0.25) is 5.02 Å². The molecule has 1 saturated heterocycles. The van der Waals surface area contributed by atoms with E-state index >= 15 is 0 Å². The highest BCUT2D eigenvalue weighted by molar-refractivity contribution is 7.89. The lowest BCUT2D eigenvalue weighted by molar-refractivity contribution is -0.122. The van der Waals surface area contributed by atoms with Gasteiger partial charge in [-0.2, -0.15) is 9.57 Å². The van der Waals surface area contributed by atoms with Crippen molar-refractivity contribution in [3.8, 4) is 6.07 Å². The van der Waals surface area contributed by atoms with Crippen LogP contribution in [0.4, 0.5) is 5.69 Å². The second-order valence-electron chi connectivity index (χ2n) is 7.87. The Balaban J connectivity index is 2.03. The van der Waals surface area contributed by atoms with Gasteiger partial charge in [-0.3, -0.25) is 9.59 Å². The molecule has 7 nitrogen and oxygen atoms in total. The van der Waals surface area contributed by atoms with E-state index in [1.54, 1.807) is 20.8 Å². The lowest BCUT2D eigenvalue weighted by atomic mass is 10.1. The minimum atomic E-state index is -4.10. The zero-order valence-corrected chi connectivity index (χ0v) is 18.2. The molecule has 2 aromatic carbocycles. The first kappa shape index (κ1) is 22.0. The Labute approximate surface area is 180 Å². The second kappa shape index (κ2) is 7.84. The fourth-order valence-electron chi connectivity index (χ4n) is 3.47. The molecule has 1 unspecified atom stereocenters. The molecule has 0 bridgehead atoms. The molecule has 2 amide bonds. The molecular formula is C21H20ClN3O4S. The smallest absolute Gasteiger partial charge is 0.252 e. The van der Waals surface area contributed by atoms with Gasteiger partial charge in [0.15, 0.2) is 0 Å². The number of carbonyl (C=O) groups is 2. The summed E-state index contributed by atoms with van der Waals surface area (Å²) < 4.78 is 27.9. The Kier molecular flexibility index (Phi) is 5.74. The summed E-state index contributed by atoms with van der Waals surface area (Å²) in [5, 5.41) is 9.32. The van der Waals surface area contributed by atoms with E-state index in [2.05, 4.69) is 0 Å². The summed E-state index contributed by atoms with van der Waals surface area (Å²) in [6.07, 6.45) is -0.275. The van der Waals surface area contributed by atoms with E-state index in [0.29, 0.717) is 16.3 Å². The van der Waals surface area contributed by atoms with Gasteiger partial charge in [-0.25, -0.2) is 13.3 Å². The highest BCUT2D eigenvalue weighted by Gasteiger charge is 2.50. The zero-order chi connectivity index (χ0) is 22.3. The van der Waals surface area contributed by atoms with E-state index in [1.807, 2.05) is 6.07 Å². The van der Waals surface area contributed by atoms with Crippen LogP contribution in [-0.4, -0.2) is 36.1 Å². The van der Waals surface area contributed by atoms with Gasteiger partial charge in [0, 0.05) is 10.6 Å². The molecule has 0 saturated carbocycles. The molecule has 1 fully saturated rings. The minimum absolute atomic E-state index is 0.0149. The van der Waals surface area contributed by atoms with Crippen molar-refractivity contribution >= 4 is 39.1 Å². The molecule has 0 radical (unpaired) electrons. The van der Waals surface area contributed by atoms with Crippen molar-refractivity contribution in [2.24, 2.45) is 0 Å². The van der Waals surface area contributed by atoms with E-state index < -0.39 is 33.4 Å². The fraction of sp³-hybridized carbons (Fsp3) is 0.286. The first-order valence-corrected chi connectivity index (χ1v) is 11.0. The third kappa shape index (κ3) is 3.97. The van der Waals surface area contributed by atoms with Crippen molar-refractivity contribution in [3.05, 3.63) is 59.1 Å². The number of rotatable bonds is 4. The molecule has 0 N–H and O–H groups in total. The average molecular weight is 446 g/mol. The standard InChI is InChI=1S/C21H20ClN3O4S/c1-21(2,3)25(30(28,29)17-10-6-15(22)7-11-17)18-12-19(26)24(20(18)27)16-8-4-14(13-23)5-9-16/h4-11,18H,12H2,1-3H3. The molecule has 3 rings (SSSR count). The third-order valence-corrected chi connectivity index (χ3v) is 7.13. The molecule has 0 aromatic heterocycles. The summed E-state index contributed by atoms with van der Waals surface area (Å²) in [5.74, 6) is -1.13. The van der Waals surface area contributed by atoms with E-state index in [-0.39, 0.29) is 11.3 Å². The van der Waals surface area contributed by atoms with Crippen LogP contribution < -0.4 is 4.90 Å². The summed E-state index contributed by atoms with van der Waals surface area (Å²) in [7, 11) is -4.10. The summed E-state index contributed by atoms with van der Waals surface area (Å²) >= 11 is 5.88. The number of hydrogen-bond donors (Lipinski definition) is 0. The van der Waals surface area contributed by atoms with Crippen LogP contribution in [0, 0.1) is 11.3 Å². The van der Waals surface area contributed by atoms with Gasteiger partial charge in [0.2, 0.25) is 15.9 Å². The Hall–Kier alpha value is -2.73. The number of hydrogen-bond acceptors (Lipinski definition) is 5. The maximum absolute atomic E-state index is 13.4. The van der Waals surface area contributed by atoms with Gasteiger partial charge in [-0.15, -0.1) is 0 Å². The topological polar surface area (TPSA) is 98.5 Å². The predicted octanol–water partition coefficient (Wildman–Crippen LogP) is 3.33. The zero-order valence-electron chi connectivity index (χ0n) is 16.7. The largest absolute Gasteiger partial charge is 0.274 e. The summed E-state index contributed by atoms with van der Waals surface area (Å²) in [6.45, 7) is 5.01. The van der Waals surface area contributed by atoms with Crippen LogP contribution in [0.15, 0.2) is 53.4 Å². The summed E-state index contributed by atoms with van der Waals surface area (Å²) in [4.78, 5) is 26.9. The molecule has 0 aliphatic carbocycles. The van der Waals surface area contributed by atoms with Crippen LogP contribution >= 0.6 is 11.6 Å². The number of carbonyl (C=O) groups excluding carboxylic acids is 2. The predicted molar refractivity (Wildman–Crippen MR) is 112 cm³/mol. The normalized spacial score (nSPS) is 17.5. The number of nitrogens with zero attached hydrogens (tertiary/aromatic N) is 3. The number of amides is 2. The van der Waals surface area contributed by atoms with Crippen molar-refractivity contribution in [1.82, 2.24) is 4.31 Å². The van der Waals surface area contributed by atoms with Crippen LogP contribution in [0.1, 0.15) is 32.8 Å². The molecule has 1 atom stereocenters. The Morgan fingerprint density at radius 3 is 2.13 bits per heavy atom. The quantitative estimate of drug-likeness (QED) is 0.672. The first-order valence-electron chi connectivity index (χ1n) is 9.14. The second-order valence-corrected chi connectivity index (χ2v) is 10.1. The maximum Gasteiger partial charge on any atom is 0.252 e. The van der Waals surface area contributed by atoms with E-state index in [4.69, 9.17) is 16.9 Å².